The van der Waals surface area contributed by atoms with Crippen LogP contribution in [0.1, 0.15) is 26.2 Å². The van der Waals surface area contributed by atoms with Crippen LogP contribution < -0.4 is 15.4 Å². The van der Waals surface area contributed by atoms with Crippen molar-refractivity contribution in [1.82, 2.24) is 0 Å². The van der Waals surface area contributed by atoms with Crippen LogP contribution in [-0.2, 0) is 0 Å². The molecule has 0 saturated heterocycles. The van der Waals surface area contributed by atoms with Gasteiger partial charge in [0.25, 0.3) is 0 Å². The largest absolute Gasteiger partial charge is 0.488 e. The molecule has 1 saturated carbocycles. The van der Waals surface area contributed by atoms with E-state index in [1.165, 1.54) is 0 Å². The summed E-state index contributed by atoms with van der Waals surface area (Å²) >= 11 is 8.30. The number of nitrogens with one attached hydrogen (secondary N) is 2. The smallest absolute Gasteiger partial charge is 0.184 e. The zero-order chi connectivity index (χ0) is 22.1. The third-order valence-corrected chi connectivity index (χ3v) is 6.27. The molecule has 164 valence electrons. The summed E-state index contributed by atoms with van der Waals surface area (Å²) in [6, 6.07) is 6.03. The molecular weight excluding hydrogens is 529 g/mol. The molecule has 1 aliphatic rings. The van der Waals surface area contributed by atoms with Crippen molar-refractivity contribution in [2.24, 2.45) is 5.41 Å². The maximum Gasteiger partial charge on any atom is 0.184 e. The van der Waals surface area contributed by atoms with Crippen molar-refractivity contribution >= 4 is 51.3 Å². The van der Waals surface area contributed by atoms with Gasteiger partial charge in [-0.1, -0.05) is 18.5 Å². The zero-order valence-corrected chi connectivity index (χ0v) is 19.5. The van der Waals surface area contributed by atoms with Gasteiger partial charge in [-0.15, -0.1) is 0 Å². The molecule has 9 heteroatoms. The summed E-state index contributed by atoms with van der Waals surface area (Å²) in [7, 11) is 1.54. The van der Waals surface area contributed by atoms with E-state index in [-0.39, 0.29) is 29.1 Å². The van der Waals surface area contributed by atoms with E-state index in [1.54, 1.807) is 25.2 Å². The second-order valence-corrected chi connectivity index (χ2v) is 9.53. The highest BCUT2D eigenvalue weighted by atomic mass is 127. The van der Waals surface area contributed by atoms with Crippen LogP contribution in [0.4, 0.5) is 25.8 Å². The van der Waals surface area contributed by atoms with Gasteiger partial charge in [-0.05, 0) is 65.5 Å². The Labute approximate surface area is 192 Å². The Balaban J connectivity index is 1.81. The molecule has 30 heavy (non-hydrogen) atoms. The lowest BCUT2D eigenvalue weighted by Crippen LogP contribution is -2.33. The molecule has 1 fully saturated rings. The van der Waals surface area contributed by atoms with Gasteiger partial charge in [-0.25, -0.2) is 8.78 Å². The van der Waals surface area contributed by atoms with Gasteiger partial charge in [0.2, 0.25) is 0 Å². The molecule has 2 unspecified atom stereocenters. The van der Waals surface area contributed by atoms with E-state index in [4.69, 9.17) is 16.3 Å². The molecule has 0 amide bonds. The minimum atomic E-state index is -1.15. The Morgan fingerprint density at radius 1 is 1.20 bits per heavy atom. The minimum absolute atomic E-state index is 0.00409. The number of halogens is 4. The van der Waals surface area contributed by atoms with Crippen LogP contribution in [0.3, 0.4) is 0 Å². The summed E-state index contributed by atoms with van der Waals surface area (Å²) in [6.45, 7) is 1.78. The van der Waals surface area contributed by atoms with Gasteiger partial charge < -0.3 is 25.6 Å². The quantitative estimate of drug-likeness (QED) is 0.318. The van der Waals surface area contributed by atoms with Crippen LogP contribution in [0.5, 0.6) is 5.75 Å². The van der Waals surface area contributed by atoms with Gasteiger partial charge in [0.05, 0.1) is 16.8 Å². The highest BCUT2D eigenvalue weighted by Crippen LogP contribution is 2.49. The van der Waals surface area contributed by atoms with Gasteiger partial charge >= 0.3 is 0 Å². The van der Waals surface area contributed by atoms with Crippen molar-refractivity contribution < 1.29 is 23.7 Å². The number of aliphatic hydroxyl groups is 2. The topological polar surface area (TPSA) is 73.8 Å². The predicted molar refractivity (Wildman–Crippen MR) is 123 cm³/mol. The third-order valence-electron chi connectivity index (χ3n) is 5.28. The lowest BCUT2D eigenvalue weighted by Gasteiger charge is -2.23. The second kappa shape index (κ2) is 9.42. The maximum atomic E-state index is 14.6. The summed E-state index contributed by atoms with van der Waals surface area (Å²) in [6.07, 6.45) is 0.389. The number of ether oxygens (including phenoxy) is 1. The zero-order valence-electron chi connectivity index (χ0n) is 16.6. The summed E-state index contributed by atoms with van der Waals surface area (Å²) < 4.78 is 35.3. The van der Waals surface area contributed by atoms with Crippen LogP contribution in [0.2, 0.25) is 5.02 Å². The maximum absolute atomic E-state index is 14.6. The van der Waals surface area contributed by atoms with Crippen molar-refractivity contribution in [3.63, 3.8) is 0 Å². The molecule has 0 spiro atoms. The van der Waals surface area contributed by atoms with Gasteiger partial charge in [0, 0.05) is 16.7 Å². The molecule has 3 rings (SSSR count). The molecule has 5 nitrogen and oxygen atoms in total. The average molecular weight is 553 g/mol. The molecule has 4 N–H and O–H groups in total. The van der Waals surface area contributed by atoms with E-state index in [9.17, 15) is 19.0 Å². The number of anilines is 3. The van der Waals surface area contributed by atoms with Crippen LogP contribution >= 0.6 is 34.2 Å². The van der Waals surface area contributed by atoms with Crippen molar-refractivity contribution in [2.45, 2.75) is 38.4 Å². The van der Waals surface area contributed by atoms with E-state index in [1.807, 2.05) is 6.92 Å². The van der Waals surface area contributed by atoms with Crippen molar-refractivity contribution in [1.29, 1.82) is 0 Å². The molecule has 2 atom stereocenters. The first kappa shape index (κ1) is 23.3. The first-order valence-electron chi connectivity index (χ1n) is 9.54. The standard InChI is InChI=1S/C21H24ClF2IN2O3/c1-21(5-6-21)9-15(28)16(29)10-30-17-8-13(23)18(24)20(19(17)26-2)27-14-4-3-11(25)7-12(14)22/h3-4,7-8,15-16,26-29H,5-6,9-10H2,1-2H3. The van der Waals surface area contributed by atoms with E-state index in [0.717, 1.165) is 22.5 Å². The van der Waals surface area contributed by atoms with Gasteiger partial charge in [-0.3, -0.25) is 0 Å². The van der Waals surface area contributed by atoms with Gasteiger partial charge in [0.15, 0.2) is 11.6 Å². The van der Waals surface area contributed by atoms with Gasteiger partial charge in [0.1, 0.15) is 29.8 Å². The molecular formula is C21H24ClF2IN2O3. The van der Waals surface area contributed by atoms with E-state index >= 15 is 0 Å². The Bertz CT molecular complexity index is 928. The first-order chi connectivity index (χ1) is 14.1. The van der Waals surface area contributed by atoms with E-state index < -0.39 is 23.8 Å². The monoisotopic (exact) mass is 552 g/mol. The molecule has 0 heterocycles. The highest BCUT2D eigenvalue weighted by Gasteiger charge is 2.40. The number of hydrogen-bond acceptors (Lipinski definition) is 5. The highest BCUT2D eigenvalue weighted by molar-refractivity contribution is 14.1. The summed E-state index contributed by atoms with van der Waals surface area (Å²) in [5.74, 6) is -2.21. The second-order valence-electron chi connectivity index (χ2n) is 7.88. The minimum Gasteiger partial charge on any atom is -0.488 e. The fourth-order valence-corrected chi connectivity index (χ4v) is 4.06. The fourth-order valence-electron chi connectivity index (χ4n) is 3.15. The van der Waals surface area contributed by atoms with Gasteiger partial charge in [-0.2, -0.15) is 0 Å². The summed E-state index contributed by atoms with van der Waals surface area (Å²) in [5, 5.41) is 26.4. The van der Waals surface area contributed by atoms with Crippen molar-refractivity contribution in [3.05, 3.63) is 44.5 Å². The predicted octanol–water partition coefficient (Wildman–Crippen LogP) is 5.30. The van der Waals surface area contributed by atoms with Crippen LogP contribution in [-0.4, -0.2) is 36.1 Å². The van der Waals surface area contributed by atoms with Crippen molar-refractivity contribution in [3.8, 4) is 5.75 Å². The Hall–Kier alpha value is -1.36. The Morgan fingerprint density at radius 3 is 2.50 bits per heavy atom. The van der Waals surface area contributed by atoms with E-state index in [2.05, 4.69) is 33.2 Å². The number of rotatable bonds is 9. The normalized spacial score (nSPS) is 16.7. The number of hydrogen-bond donors (Lipinski definition) is 4. The SMILES string of the molecule is CNc1c(OCC(O)C(O)CC2(C)CC2)cc(F)c(F)c1Nc1ccc(I)cc1Cl. The molecule has 1 aliphatic carbocycles. The average Bonchev–Trinajstić information content (AvgIpc) is 3.41. The molecule has 2 aromatic carbocycles. The third kappa shape index (κ3) is 5.46. The lowest BCUT2D eigenvalue weighted by atomic mass is 9.98. The Morgan fingerprint density at radius 2 is 1.90 bits per heavy atom. The summed E-state index contributed by atoms with van der Waals surface area (Å²) in [5.41, 5.74) is 0.454. The number of benzene rings is 2. The van der Waals surface area contributed by atoms with Crippen LogP contribution in [0.15, 0.2) is 24.3 Å². The molecule has 0 aliphatic heterocycles. The lowest BCUT2D eigenvalue weighted by molar-refractivity contribution is -0.0201. The molecule has 0 bridgehead atoms. The molecule has 0 radical (unpaired) electrons. The molecule has 2 aromatic rings. The Kier molecular flexibility index (Phi) is 7.32. The van der Waals surface area contributed by atoms with E-state index in [0.29, 0.717) is 17.1 Å². The summed E-state index contributed by atoms with van der Waals surface area (Å²) in [4.78, 5) is 0. The van der Waals surface area contributed by atoms with Crippen LogP contribution in [0, 0.1) is 20.6 Å². The van der Waals surface area contributed by atoms with Crippen LogP contribution in [0.25, 0.3) is 0 Å². The van der Waals surface area contributed by atoms with Crippen molar-refractivity contribution in [2.75, 3.05) is 24.3 Å². The fraction of sp³-hybridized carbons (Fsp3) is 0.429. The molecule has 0 aromatic heterocycles. The first-order valence-corrected chi connectivity index (χ1v) is 11.0. The number of aliphatic hydroxyl groups excluding tert-OH is 2.